The van der Waals surface area contributed by atoms with Gasteiger partial charge in [0.15, 0.2) is 0 Å². The Morgan fingerprint density at radius 1 is 1.45 bits per heavy atom. The molecule has 5 nitrogen and oxygen atoms in total. The van der Waals surface area contributed by atoms with E-state index < -0.39 is 0 Å². The summed E-state index contributed by atoms with van der Waals surface area (Å²) in [5.74, 6) is 0.176. The maximum Gasteiger partial charge on any atom is 0.326 e. The summed E-state index contributed by atoms with van der Waals surface area (Å²) in [5, 5.41) is 9.49. The second kappa shape index (κ2) is 4.98. The molecule has 108 valence electrons. The first-order valence-corrected chi connectivity index (χ1v) is 7.23. The number of imidazole rings is 1. The van der Waals surface area contributed by atoms with Crippen LogP contribution < -0.4 is 5.69 Å². The van der Waals surface area contributed by atoms with E-state index in [1.54, 1.807) is 22.8 Å². The number of aromatic amines is 1. The molecule has 2 N–H and O–H groups in total. The third-order valence-electron chi connectivity index (χ3n) is 4.24. The molecule has 20 heavy (non-hydrogen) atoms. The summed E-state index contributed by atoms with van der Waals surface area (Å²) in [4.78, 5) is 17.4. The van der Waals surface area contributed by atoms with Gasteiger partial charge in [-0.15, -0.1) is 0 Å². The van der Waals surface area contributed by atoms with Crippen LogP contribution in [0.2, 0.25) is 0 Å². The molecule has 0 aliphatic carbocycles. The van der Waals surface area contributed by atoms with Crippen molar-refractivity contribution < 1.29 is 5.11 Å². The van der Waals surface area contributed by atoms with Crippen LogP contribution in [0.25, 0.3) is 11.0 Å². The van der Waals surface area contributed by atoms with Gasteiger partial charge in [-0.1, -0.05) is 0 Å². The summed E-state index contributed by atoms with van der Waals surface area (Å²) in [7, 11) is 0. The van der Waals surface area contributed by atoms with Crippen LogP contribution in [-0.4, -0.2) is 38.2 Å². The van der Waals surface area contributed by atoms with E-state index in [2.05, 4.69) is 23.7 Å². The molecule has 1 saturated heterocycles. The Morgan fingerprint density at radius 2 is 2.25 bits per heavy atom. The maximum atomic E-state index is 12.1. The average molecular weight is 275 g/mol. The first-order valence-electron chi connectivity index (χ1n) is 7.23. The fourth-order valence-corrected chi connectivity index (χ4v) is 3.28. The molecular formula is C15H21N3O2. The number of nitrogens with zero attached hydrogens (tertiary/aromatic N) is 2. The zero-order chi connectivity index (χ0) is 14.3. The third-order valence-corrected chi connectivity index (χ3v) is 4.24. The zero-order valence-electron chi connectivity index (χ0n) is 12.0. The van der Waals surface area contributed by atoms with Crippen LogP contribution >= 0.6 is 0 Å². The highest BCUT2D eigenvalue weighted by Crippen LogP contribution is 2.23. The number of aromatic nitrogens is 2. The summed E-state index contributed by atoms with van der Waals surface area (Å²) >= 11 is 0. The number of phenols is 1. The number of aromatic hydroxyl groups is 1. The van der Waals surface area contributed by atoms with Gasteiger partial charge in [-0.3, -0.25) is 9.47 Å². The number of likely N-dealkylation sites (tertiary alicyclic amines) is 1. The molecule has 0 bridgehead atoms. The minimum absolute atomic E-state index is 0.0961. The van der Waals surface area contributed by atoms with E-state index in [0.29, 0.717) is 24.1 Å². The number of nitrogens with one attached hydrogen (secondary N) is 1. The van der Waals surface area contributed by atoms with Crippen molar-refractivity contribution >= 4 is 11.0 Å². The van der Waals surface area contributed by atoms with E-state index in [1.807, 2.05) is 0 Å². The number of H-pyrrole nitrogens is 1. The number of hydrogen-bond donors (Lipinski definition) is 2. The summed E-state index contributed by atoms with van der Waals surface area (Å²) in [6.45, 7) is 6.23. The molecule has 0 saturated carbocycles. The smallest absolute Gasteiger partial charge is 0.326 e. The van der Waals surface area contributed by atoms with Gasteiger partial charge in [0.2, 0.25) is 0 Å². The molecule has 1 aromatic heterocycles. The van der Waals surface area contributed by atoms with Gasteiger partial charge in [0.1, 0.15) is 5.75 Å². The molecule has 0 amide bonds. The van der Waals surface area contributed by atoms with Gasteiger partial charge in [0.25, 0.3) is 0 Å². The van der Waals surface area contributed by atoms with Crippen LogP contribution in [0.3, 0.4) is 0 Å². The Morgan fingerprint density at radius 3 is 3.00 bits per heavy atom. The highest BCUT2D eigenvalue weighted by Gasteiger charge is 2.27. The van der Waals surface area contributed by atoms with Crippen molar-refractivity contribution in [3.63, 3.8) is 0 Å². The van der Waals surface area contributed by atoms with Crippen LogP contribution in [0.4, 0.5) is 0 Å². The number of benzene rings is 1. The van der Waals surface area contributed by atoms with Gasteiger partial charge in [0.05, 0.1) is 11.0 Å². The van der Waals surface area contributed by atoms with Gasteiger partial charge in [-0.05, 0) is 45.4 Å². The quantitative estimate of drug-likeness (QED) is 0.899. The number of phenolic OH excluding ortho intramolecular Hbond substituents is 1. The first kappa shape index (κ1) is 13.2. The lowest BCUT2D eigenvalue weighted by atomic mass is 10.2. The van der Waals surface area contributed by atoms with Gasteiger partial charge >= 0.3 is 5.69 Å². The van der Waals surface area contributed by atoms with E-state index in [1.165, 1.54) is 6.42 Å². The Bertz CT molecular complexity index is 671. The minimum atomic E-state index is -0.0961. The topological polar surface area (TPSA) is 61.3 Å². The summed E-state index contributed by atoms with van der Waals surface area (Å²) in [5.41, 5.74) is 1.47. The predicted molar refractivity (Wildman–Crippen MR) is 79.1 cm³/mol. The Kier molecular flexibility index (Phi) is 3.30. The molecule has 1 fully saturated rings. The SMILES string of the molecule is CC(C)N1CCCC1Cn1c(=O)[nH]c2cc(O)ccc21. The highest BCUT2D eigenvalue weighted by molar-refractivity contribution is 5.76. The van der Waals surface area contributed by atoms with Crippen molar-refractivity contribution in [1.29, 1.82) is 0 Å². The lowest BCUT2D eigenvalue weighted by Crippen LogP contribution is -2.39. The van der Waals surface area contributed by atoms with Crippen molar-refractivity contribution in [2.24, 2.45) is 0 Å². The van der Waals surface area contributed by atoms with E-state index in [0.717, 1.165) is 18.5 Å². The van der Waals surface area contributed by atoms with Crippen molar-refractivity contribution in [2.45, 2.75) is 45.3 Å². The molecule has 1 aromatic carbocycles. The number of rotatable bonds is 3. The highest BCUT2D eigenvalue weighted by atomic mass is 16.3. The van der Waals surface area contributed by atoms with E-state index in [4.69, 9.17) is 0 Å². The molecule has 0 radical (unpaired) electrons. The number of fused-ring (bicyclic) bond motifs is 1. The van der Waals surface area contributed by atoms with Gasteiger partial charge in [-0.2, -0.15) is 0 Å². The monoisotopic (exact) mass is 275 g/mol. The summed E-state index contributed by atoms with van der Waals surface area (Å²) in [6.07, 6.45) is 2.33. The fourth-order valence-electron chi connectivity index (χ4n) is 3.28. The van der Waals surface area contributed by atoms with Gasteiger partial charge in [-0.25, -0.2) is 4.79 Å². The molecule has 5 heteroatoms. The van der Waals surface area contributed by atoms with Crippen LogP contribution in [0.5, 0.6) is 5.75 Å². The molecule has 2 heterocycles. The molecule has 1 aliphatic rings. The summed E-state index contributed by atoms with van der Waals surface area (Å²) < 4.78 is 1.79. The van der Waals surface area contributed by atoms with Gasteiger partial charge in [0, 0.05) is 24.7 Å². The molecule has 2 aromatic rings. The first-order chi connectivity index (χ1) is 9.56. The maximum absolute atomic E-state index is 12.1. The second-order valence-electron chi connectivity index (χ2n) is 5.87. The van der Waals surface area contributed by atoms with E-state index >= 15 is 0 Å². The minimum Gasteiger partial charge on any atom is -0.508 e. The standard InChI is InChI=1S/C15H21N3O2/c1-10(2)17-7-3-4-11(17)9-18-14-6-5-12(19)8-13(14)16-15(18)20/h5-6,8,10-11,19H,3-4,7,9H2,1-2H3,(H,16,20). The van der Waals surface area contributed by atoms with Crippen LogP contribution in [0.15, 0.2) is 23.0 Å². The summed E-state index contributed by atoms with van der Waals surface area (Å²) in [6, 6.07) is 5.95. The van der Waals surface area contributed by atoms with Crippen molar-refractivity contribution in [2.75, 3.05) is 6.54 Å². The Labute approximate surface area is 117 Å². The molecular weight excluding hydrogens is 254 g/mol. The van der Waals surface area contributed by atoms with E-state index in [9.17, 15) is 9.90 Å². The van der Waals surface area contributed by atoms with Crippen molar-refractivity contribution in [3.05, 3.63) is 28.7 Å². The van der Waals surface area contributed by atoms with Crippen LogP contribution in [0, 0.1) is 0 Å². The molecule has 0 spiro atoms. The number of hydrogen-bond acceptors (Lipinski definition) is 3. The third kappa shape index (κ3) is 2.22. The zero-order valence-corrected chi connectivity index (χ0v) is 12.0. The largest absolute Gasteiger partial charge is 0.508 e. The Hall–Kier alpha value is -1.75. The predicted octanol–water partition coefficient (Wildman–Crippen LogP) is 1.91. The van der Waals surface area contributed by atoms with Crippen molar-refractivity contribution in [3.8, 4) is 5.75 Å². The second-order valence-corrected chi connectivity index (χ2v) is 5.87. The fraction of sp³-hybridized carbons (Fsp3) is 0.533. The lowest BCUT2D eigenvalue weighted by molar-refractivity contribution is 0.187. The molecule has 1 unspecified atom stereocenters. The normalized spacial score (nSPS) is 20.2. The molecule has 1 atom stereocenters. The molecule has 1 aliphatic heterocycles. The molecule has 3 rings (SSSR count). The van der Waals surface area contributed by atoms with Crippen LogP contribution in [0.1, 0.15) is 26.7 Å². The van der Waals surface area contributed by atoms with Crippen LogP contribution in [-0.2, 0) is 6.54 Å². The van der Waals surface area contributed by atoms with Gasteiger partial charge < -0.3 is 10.1 Å². The average Bonchev–Trinajstić information content (AvgIpc) is 2.95. The lowest BCUT2D eigenvalue weighted by Gasteiger charge is -2.28. The van der Waals surface area contributed by atoms with Crippen molar-refractivity contribution in [1.82, 2.24) is 14.5 Å². The van der Waals surface area contributed by atoms with E-state index in [-0.39, 0.29) is 11.4 Å². The Balaban J connectivity index is 1.95.